The van der Waals surface area contributed by atoms with Crippen LogP contribution in [0.2, 0.25) is 5.02 Å². The molecule has 108 valence electrons. The normalized spacial score (nSPS) is 11.5. The predicted octanol–water partition coefficient (Wildman–Crippen LogP) is 0.871. The summed E-state index contributed by atoms with van der Waals surface area (Å²) in [6.45, 7) is 0. The van der Waals surface area contributed by atoms with Crippen LogP contribution < -0.4 is 5.32 Å². The summed E-state index contributed by atoms with van der Waals surface area (Å²) >= 11 is 5.71. The van der Waals surface area contributed by atoms with Crippen LogP contribution in [-0.4, -0.2) is 41.1 Å². The van der Waals surface area contributed by atoms with Crippen molar-refractivity contribution in [2.75, 3.05) is 7.11 Å². The number of rotatable bonds is 6. The topological polar surface area (TPSA) is 106 Å². The Kier molecular flexibility index (Phi) is 5.92. The fraction of sp³-hybridized carbons (Fsp3) is 0.333. The van der Waals surface area contributed by atoms with Crippen LogP contribution in [0.3, 0.4) is 0 Å². The molecule has 7 nitrogen and oxygen atoms in total. The quantitative estimate of drug-likeness (QED) is 0.755. The molecule has 8 heteroatoms. The number of methoxy groups -OCH3 is 1. The van der Waals surface area contributed by atoms with Gasteiger partial charge in [0.2, 0.25) is 0 Å². The lowest BCUT2D eigenvalue weighted by Gasteiger charge is -2.13. The standard InChI is InChI=1S/C12H13ClN2O5/c1-20-10(16)3-2-8(12(18)19)15-11(17)9-6-7(13)4-5-14-9/h4-6,8H,2-3H2,1H3,(H,15,17)(H,18,19)/t8-/m0/s1. The van der Waals surface area contributed by atoms with E-state index in [4.69, 9.17) is 16.7 Å². The first-order chi connectivity index (χ1) is 9.43. The van der Waals surface area contributed by atoms with Crippen LogP contribution in [0, 0.1) is 0 Å². The van der Waals surface area contributed by atoms with E-state index in [2.05, 4.69) is 15.0 Å². The van der Waals surface area contributed by atoms with Crippen LogP contribution in [0.5, 0.6) is 0 Å². The maximum atomic E-state index is 11.8. The molecule has 1 heterocycles. The van der Waals surface area contributed by atoms with Gasteiger partial charge in [-0.1, -0.05) is 11.6 Å². The van der Waals surface area contributed by atoms with Gasteiger partial charge in [-0.15, -0.1) is 0 Å². The monoisotopic (exact) mass is 300 g/mol. The van der Waals surface area contributed by atoms with E-state index in [0.29, 0.717) is 5.02 Å². The van der Waals surface area contributed by atoms with Gasteiger partial charge in [0.25, 0.3) is 5.91 Å². The van der Waals surface area contributed by atoms with Crippen molar-refractivity contribution >= 4 is 29.4 Å². The molecule has 0 aromatic carbocycles. The number of hydrogen-bond donors (Lipinski definition) is 2. The molecule has 0 aliphatic rings. The number of carbonyl (C=O) groups is 3. The minimum absolute atomic E-state index is 0.00168. The highest BCUT2D eigenvalue weighted by Gasteiger charge is 2.22. The van der Waals surface area contributed by atoms with E-state index in [9.17, 15) is 14.4 Å². The maximum Gasteiger partial charge on any atom is 0.326 e. The molecular weight excluding hydrogens is 288 g/mol. The number of carbonyl (C=O) groups excluding carboxylic acids is 2. The minimum Gasteiger partial charge on any atom is -0.480 e. The predicted molar refractivity (Wildman–Crippen MR) is 69.4 cm³/mol. The Hall–Kier alpha value is -2.15. The van der Waals surface area contributed by atoms with Crippen molar-refractivity contribution in [2.24, 2.45) is 0 Å². The van der Waals surface area contributed by atoms with Crippen LogP contribution in [0.1, 0.15) is 23.3 Å². The third-order valence-corrected chi connectivity index (χ3v) is 2.66. The zero-order chi connectivity index (χ0) is 15.1. The first kappa shape index (κ1) is 15.9. The zero-order valence-corrected chi connectivity index (χ0v) is 11.4. The van der Waals surface area contributed by atoms with Crippen molar-refractivity contribution in [3.63, 3.8) is 0 Å². The molecule has 1 amide bonds. The van der Waals surface area contributed by atoms with Crippen molar-refractivity contribution in [1.29, 1.82) is 0 Å². The second-order valence-electron chi connectivity index (χ2n) is 3.84. The van der Waals surface area contributed by atoms with Gasteiger partial charge in [-0.3, -0.25) is 14.6 Å². The lowest BCUT2D eigenvalue weighted by Crippen LogP contribution is -2.41. The molecule has 0 bridgehead atoms. The number of aliphatic carboxylic acids is 1. The number of pyridine rings is 1. The van der Waals surface area contributed by atoms with Crippen LogP contribution >= 0.6 is 11.6 Å². The molecule has 20 heavy (non-hydrogen) atoms. The molecule has 1 rings (SSSR count). The molecule has 0 saturated heterocycles. The van der Waals surface area contributed by atoms with Crippen LogP contribution in [0.15, 0.2) is 18.3 Å². The lowest BCUT2D eigenvalue weighted by molar-refractivity contribution is -0.142. The van der Waals surface area contributed by atoms with Gasteiger partial charge in [0.05, 0.1) is 7.11 Å². The third kappa shape index (κ3) is 4.85. The Morgan fingerprint density at radius 1 is 1.50 bits per heavy atom. The summed E-state index contributed by atoms with van der Waals surface area (Å²) in [6, 6.07) is 1.60. The summed E-state index contributed by atoms with van der Waals surface area (Å²) in [4.78, 5) is 37.6. The van der Waals surface area contributed by atoms with Crippen molar-refractivity contribution in [2.45, 2.75) is 18.9 Å². The molecular formula is C12H13ClN2O5. The number of ether oxygens (including phenoxy) is 1. The Bertz CT molecular complexity index is 520. The van der Waals surface area contributed by atoms with Crippen LogP contribution in [0.4, 0.5) is 0 Å². The Balaban J connectivity index is 2.68. The van der Waals surface area contributed by atoms with E-state index < -0.39 is 23.9 Å². The maximum absolute atomic E-state index is 11.8. The average Bonchev–Trinajstić information content (AvgIpc) is 2.42. The van der Waals surface area contributed by atoms with E-state index in [-0.39, 0.29) is 18.5 Å². The molecule has 0 saturated carbocycles. The second kappa shape index (κ2) is 7.44. The van der Waals surface area contributed by atoms with E-state index in [1.165, 1.54) is 25.4 Å². The first-order valence-corrected chi connectivity index (χ1v) is 6.04. The number of amides is 1. The van der Waals surface area contributed by atoms with Gasteiger partial charge >= 0.3 is 11.9 Å². The van der Waals surface area contributed by atoms with Crippen molar-refractivity contribution < 1.29 is 24.2 Å². The SMILES string of the molecule is COC(=O)CC[C@H](NC(=O)c1cc(Cl)ccn1)C(=O)O. The minimum atomic E-state index is -1.25. The summed E-state index contributed by atoms with van der Waals surface area (Å²) in [6.07, 6.45) is 1.15. The molecule has 1 aromatic heterocycles. The average molecular weight is 301 g/mol. The number of halogens is 1. The molecule has 0 aliphatic carbocycles. The number of esters is 1. The summed E-state index contributed by atoms with van der Waals surface area (Å²) in [5.41, 5.74) is 0.00168. The molecule has 1 aromatic rings. The number of nitrogens with zero attached hydrogens (tertiary/aromatic N) is 1. The highest BCUT2D eigenvalue weighted by molar-refractivity contribution is 6.30. The van der Waals surface area contributed by atoms with Crippen molar-refractivity contribution in [1.82, 2.24) is 10.3 Å². The summed E-state index contributed by atoms with van der Waals surface area (Å²) in [5.74, 6) is -2.47. The van der Waals surface area contributed by atoms with Gasteiger partial charge in [0, 0.05) is 17.6 Å². The highest BCUT2D eigenvalue weighted by atomic mass is 35.5. The summed E-state index contributed by atoms with van der Waals surface area (Å²) in [5, 5.41) is 11.6. The fourth-order valence-corrected chi connectivity index (χ4v) is 1.54. The van der Waals surface area contributed by atoms with Gasteiger partial charge in [0.15, 0.2) is 0 Å². The smallest absolute Gasteiger partial charge is 0.326 e. The molecule has 0 unspecified atom stereocenters. The van der Waals surface area contributed by atoms with E-state index in [1.54, 1.807) is 0 Å². The third-order valence-electron chi connectivity index (χ3n) is 2.42. The van der Waals surface area contributed by atoms with Gasteiger partial charge in [-0.25, -0.2) is 4.79 Å². The number of carboxylic acids is 1. The Labute approximate surface area is 119 Å². The fourth-order valence-electron chi connectivity index (χ4n) is 1.38. The Morgan fingerprint density at radius 2 is 2.20 bits per heavy atom. The van der Waals surface area contributed by atoms with E-state index in [0.717, 1.165) is 0 Å². The first-order valence-electron chi connectivity index (χ1n) is 5.66. The molecule has 0 radical (unpaired) electrons. The zero-order valence-electron chi connectivity index (χ0n) is 10.6. The molecule has 0 fully saturated rings. The van der Waals surface area contributed by atoms with Gasteiger partial charge in [-0.05, 0) is 18.6 Å². The van der Waals surface area contributed by atoms with E-state index in [1.807, 2.05) is 0 Å². The van der Waals surface area contributed by atoms with E-state index >= 15 is 0 Å². The number of nitrogens with one attached hydrogen (secondary N) is 1. The van der Waals surface area contributed by atoms with Crippen molar-refractivity contribution in [3.8, 4) is 0 Å². The number of hydrogen-bond acceptors (Lipinski definition) is 5. The van der Waals surface area contributed by atoms with Gasteiger partial charge in [-0.2, -0.15) is 0 Å². The molecule has 0 spiro atoms. The largest absolute Gasteiger partial charge is 0.480 e. The summed E-state index contributed by atoms with van der Waals surface area (Å²) < 4.78 is 4.41. The molecule has 2 N–H and O–H groups in total. The Morgan fingerprint density at radius 3 is 2.75 bits per heavy atom. The van der Waals surface area contributed by atoms with Crippen LogP contribution in [-0.2, 0) is 14.3 Å². The number of aromatic nitrogens is 1. The van der Waals surface area contributed by atoms with Crippen molar-refractivity contribution in [3.05, 3.63) is 29.0 Å². The van der Waals surface area contributed by atoms with Crippen LogP contribution in [0.25, 0.3) is 0 Å². The number of carboxylic acid groups (broad SMARTS) is 1. The van der Waals surface area contributed by atoms with Gasteiger partial charge in [0.1, 0.15) is 11.7 Å². The lowest BCUT2D eigenvalue weighted by atomic mass is 10.1. The second-order valence-corrected chi connectivity index (χ2v) is 4.27. The molecule has 0 aliphatic heterocycles. The van der Waals surface area contributed by atoms with Gasteiger partial charge < -0.3 is 15.2 Å². The summed E-state index contributed by atoms with van der Waals surface area (Å²) in [7, 11) is 1.20. The molecule has 1 atom stereocenters. The highest BCUT2D eigenvalue weighted by Crippen LogP contribution is 2.08.